The highest BCUT2D eigenvalue weighted by molar-refractivity contribution is 5.71. The van der Waals surface area contributed by atoms with Crippen LogP contribution in [-0.4, -0.2) is 19.6 Å². The Balaban J connectivity index is -0.000000355. The van der Waals surface area contributed by atoms with Gasteiger partial charge in [0.15, 0.2) is 0 Å². The van der Waals surface area contributed by atoms with Crippen molar-refractivity contribution in [2.24, 2.45) is 0 Å². The molecule has 0 saturated carbocycles. The molecule has 0 fully saturated rings. The van der Waals surface area contributed by atoms with Gasteiger partial charge in [0.05, 0.1) is 13.7 Å². The monoisotopic (exact) mass is 277 g/mol. The van der Waals surface area contributed by atoms with Crippen LogP contribution < -0.4 is 5.32 Å². The van der Waals surface area contributed by atoms with Crippen molar-refractivity contribution in [2.75, 3.05) is 13.7 Å². The third kappa shape index (κ3) is 18.3. The molecule has 0 unspecified atom stereocenters. The molecule has 0 heterocycles. The predicted octanol–water partition coefficient (Wildman–Crippen LogP) is 3.42. The number of carbonyl (C=O) groups excluding carboxylic acids is 1. The molecule has 1 aromatic carbocycles. The molecule has 112 valence electrons. The van der Waals surface area contributed by atoms with Crippen LogP contribution in [0.5, 0.6) is 0 Å². The van der Waals surface area contributed by atoms with Crippen LogP contribution in [0.3, 0.4) is 0 Å². The van der Waals surface area contributed by atoms with E-state index in [1.165, 1.54) is 7.11 Å². The van der Waals surface area contributed by atoms with Crippen molar-refractivity contribution >= 4 is 5.97 Å². The largest absolute Gasteiger partial charge is 0.468 e. The van der Waals surface area contributed by atoms with E-state index in [1.807, 2.05) is 51.1 Å². The van der Waals surface area contributed by atoms with Crippen molar-refractivity contribution in [1.82, 2.24) is 5.32 Å². The van der Waals surface area contributed by atoms with Crippen LogP contribution in [0.25, 0.3) is 0 Å². The zero-order valence-corrected chi connectivity index (χ0v) is 13.1. The second kappa shape index (κ2) is 22.2. The first-order valence-corrected chi connectivity index (χ1v) is 6.46. The second-order valence-corrected chi connectivity index (χ2v) is 3.07. The lowest BCUT2D eigenvalue weighted by Crippen LogP contribution is -2.23. The van der Waals surface area contributed by atoms with Crippen LogP contribution in [0, 0.1) is 12.8 Å². The molecule has 0 saturated heterocycles. The van der Waals surface area contributed by atoms with E-state index in [4.69, 9.17) is 0 Å². The normalized spacial score (nSPS) is 7.30. The summed E-state index contributed by atoms with van der Waals surface area (Å²) >= 11 is 0. The van der Waals surface area contributed by atoms with E-state index in [-0.39, 0.29) is 12.5 Å². The number of rotatable bonds is 4. The number of hydrogen-bond donors (Lipinski definition) is 1. The summed E-state index contributed by atoms with van der Waals surface area (Å²) in [6, 6.07) is 9.91. The molecular weight excluding hydrogens is 250 g/mol. The molecular formula is C17H27NO2. The summed E-state index contributed by atoms with van der Waals surface area (Å²) in [7, 11) is 1.38. The SMILES string of the molecule is C#C.C=CC.CC.COC(=O)CNCc1ccccc1. The van der Waals surface area contributed by atoms with E-state index >= 15 is 0 Å². The van der Waals surface area contributed by atoms with Gasteiger partial charge in [-0.2, -0.15) is 0 Å². The smallest absolute Gasteiger partial charge is 0.319 e. The Morgan fingerprint density at radius 1 is 1.30 bits per heavy atom. The van der Waals surface area contributed by atoms with Crippen molar-refractivity contribution in [3.63, 3.8) is 0 Å². The first-order valence-electron chi connectivity index (χ1n) is 6.46. The number of esters is 1. The first kappa shape index (κ1) is 23.1. The van der Waals surface area contributed by atoms with Gasteiger partial charge in [-0.15, -0.1) is 19.4 Å². The molecule has 3 nitrogen and oxygen atoms in total. The van der Waals surface area contributed by atoms with E-state index in [1.54, 1.807) is 6.08 Å². The summed E-state index contributed by atoms with van der Waals surface area (Å²) < 4.78 is 4.49. The molecule has 0 radical (unpaired) electrons. The van der Waals surface area contributed by atoms with Crippen LogP contribution in [0.2, 0.25) is 0 Å². The number of methoxy groups -OCH3 is 1. The summed E-state index contributed by atoms with van der Waals surface area (Å²) in [5, 5.41) is 2.98. The first-order chi connectivity index (χ1) is 9.74. The topological polar surface area (TPSA) is 38.3 Å². The molecule has 0 aromatic heterocycles. The third-order valence-corrected chi connectivity index (χ3v) is 1.67. The minimum Gasteiger partial charge on any atom is -0.468 e. The number of benzene rings is 1. The van der Waals surface area contributed by atoms with Gasteiger partial charge in [0.25, 0.3) is 0 Å². The van der Waals surface area contributed by atoms with E-state index in [9.17, 15) is 4.79 Å². The summed E-state index contributed by atoms with van der Waals surface area (Å²) in [6.07, 6.45) is 9.75. The van der Waals surface area contributed by atoms with Gasteiger partial charge >= 0.3 is 5.97 Å². The molecule has 20 heavy (non-hydrogen) atoms. The van der Waals surface area contributed by atoms with Crippen LogP contribution in [-0.2, 0) is 16.1 Å². The number of ether oxygens (including phenoxy) is 1. The zero-order chi connectivity index (χ0) is 16.2. The number of allylic oxidation sites excluding steroid dienone is 1. The molecule has 0 spiro atoms. The Labute approximate surface area is 124 Å². The fourth-order valence-electron chi connectivity index (χ4n) is 0.977. The van der Waals surface area contributed by atoms with Crippen molar-refractivity contribution < 1.29 is 9.53 Å². The van der Waals surface area contributed by atoms with Gasteiger partial charge in [0, 0.05) is 6.54 Å². The van der Waals surface area contributed by atoms with Gasteiger partial charge < -0.3 is 10.1 Å². The fraction of sp³-hybridized carbons (Fsp3) is 0.353. The number of carbonyl (C=O) groups is 1. The maximum absolute atomic E-state index is 10.7. The minimum absolute atomic E-state index is 0.240. The van der Waals surface area contributed by atoms with Crippen molar-refractivity contribution in [2.45, 2.75) is 27.3 Å². The molecule has 1 rings (SSSR count). The lowest BCUT2D eigenvalue weighted by atomic mass is 10.2. The molecule has 1 N–H and O–H groups in total. The fourth-order valence-corrected chi connectivity index (χ4v) is 0.977. The number of terminal acetylenes is 1. The summed E-state index contributed by atoms with van der Waals surface area (Å²) in [5.74, 6) is -0.240. The molecule has 0 aliphatic heterocycles. The van der Waals surface area contributed by atoms with E-state index in [0.29, 0.717) is 6.54 Å². The standard InChI is InChI=1S/C10H13NO2.C3H6.C2H6.C2H2/c1-13-10(12)8-11-7-9-5-3-2-4-6-9;1-3-2;2*1-2/h2-6,11H,7-8H2,1H3;3H,1H2,2H3;1-2H3;1-2H. The highest BCUT2D eigenvalue weighted by atomic mass is 16.5. The number of nitrogens with one attached hydrogen (secondary N) is 1. The average molecular weight is 277 g/mol. The molecule has 0 aliphatic rings. The van der Waals surface area contributed by atoms with Gasteiger partial charge in [-0.3, -0.25) is 4.79 Å². The molecule has 3 heteroatoms. The van der Waals surface area contributed by atoms with Crippen LogP contribution >= 0.6 is 0 Å². The van der Waals surface area contributed by atoms with Gasteiger partial charge in [-0.25, -0.2) is 0 Å². The third-order valence-electron chi connectivity index (χ3n) is 1.67. The quantitative estimate of drug-likeness (QED) is 0.520. The lowest BCUT2D eigenvalue weighted by molar-refractivity contribution is -0.139. The van der Waals surface area contributed by atoms with E-state index in [2.05, 4.69) is 29.5 Å². The molecule has 0 amide bonds. The Hall–Kier alpha value is -2.05. The zero-order valence-electron chi connectivity index (χ0n) is 13.1. The Morgan fingerprint density at radius 3 is 2.15 bits per heavy atom. The van der Waals surface area contributed by atoms with Crippen molar-refractivity contribution in [3.05, 3.63) is 48.6 Å². The maximum Gasteiger partial charge on any atom is 0.319 e. The van der Waals surface area contributed by atoms with Gasteiger partial charge in [-0.1, -0.05) is 50.3 Å². The van der Waals surface area contributed by atoms with Gasteiger partial charge in [0.1, 0.15) is 0 Å². The molecule has 0 aliphatic carbocycles. The van der Waals surface area contributed by atoms with Crippen molar-refractivity contribution in [3.8, 4) is 12.8 Å². The number of hydrogen-bond acceptors (Lipinski definition) is 3. The molecule has 0 bridgehead atoms. The Bertz CT molecular complexity index is 331. The highest BCUT2D eigenvalue weighted by Crippen LogP contribution is 1.96. The predicted molar refractivity (Wildman–Crippen MR) is 87.3 cm³/mol. The Morgan fingerprint density at radius 2 is 1.75 bits per heavy atom. The average Bonchev–Trinajstić information content (AvgIpc) is 2.53. The lowest BCUT2D eigenvalue weighted by Gasteiger charge is -2.02. The molecule has 0 atom stereocenters. The molecule has 1 aromatic rings. The van der Waals surface area contributed by atoms with Crippen molar-refractivity contribution in [1.29, 1.82) is 0 Å². The van der Waals surface area contributed by atoms with Crippen LogP contribution in [0.15, 0.2) is 43.0 Å². The second-order valence-electron chi connectivity index (χ2n) is 3.07. The summed E-state index contributed by atoms with van der Waals surface area (Å²) in [4.78, 5) is 10.7. The van der Waals surface area contributed by atoms with E-state index < -0.39 is 0 Å². The van der Waals surface area contributed by atoms with Gasteiger partial charge in [-0.05, 0) is 12.5 Å². The highest BCUT2D eigenvalue weighted by Gasteiger charge is 1.97. The summed E-state index contributed by atoms with van der Waals surface area (Å²) in [5.41, 5.74) is 1.16. The van der Waals surface area contributed by atoms with Crippen LogP contribution in [0.1, 0.15) is 26.3 Å². The van der Waals surface area contributed by atoms with E-state index in [0.717, 1.165) is 5.56 Å². The maximum atomic E-state index is 10.7. The van der Waals surface area contributed by atoms with Gasteiger partial charge in [0.2, 0.25) is 0 Å². The minimum atomic E-state index is -0.240. The Kier molecular flexibility index (Phi) is 25.6. The van der Waals surface area contributed by atoms with Crippen LogP contribution in [0.4, 0.5) is 0 Å². The summed E-state index contributed by atoms with van der Waals surface area (Å²) in [6.45, 7) is 10.2.